The van der Waals surface area contributed by atoms with Crippen LogP contribution < -0.4 is 0 Å². The van der Waals surface area contributed by atoms with Crippen LogP contribution in [0.25, 0.3) is 0 Å². The SMILES string of the molecule is Cc1csc(CCl)c1S(=O)(=O)N(C)CCOCC1CC1. The number of halogens is 1. The zero-order valence-corrected chi connectivity index (χ0v) is 14.2. The first-order valence-corrected chi connectivity index (χ1v) is 9.49. The van der Waals surface area contributed by atoms with E-state index in [1.807, 2.05) is 5.38 Å². The Morgan fingerprint density at radius 1 is 1.50 bits per heavy atom. The van der Waals surface area contributed by atoms with Gasteiger partial charge in [0.15, 0.2) is 0 Å². The van der Waals surface area contributed by atoms with Crippen LogP contribution in [0.5, 0.6) is 0 Å². The lowest BCUT2D eigenvalue weighted by atomic mass is 10.3. The van der Waals surface area contributed by atoms with Crippen LogP contribution in [0.15, 0.2) is 10.3 Å². The number of hydrogen-bond acceptors (Lipinski definition) is 4. The molecule has 1 heterocycles. The molecule has 0 unspecified atom stereocenters. The van der Waals surface area contributed by atoms with Crippen LogP contribution in [0.2, 0.25) is 0 Å². The molecule has 1 aromatic heterocycles. The fourth-order valence-corrected chi connectivity index (χ4v) is 5.09. The summed E-state index contributed by atoms with van der Waals surface area (Å²) in [4.78, 5) is 1.07. The molecule has 0 N–H and O–H groups in total. The van der Waals surface area contributed by atoms with Crippen LogP contribution in [0.3, 0.4) is 0 Å². The van der Waals surface area contributed by atoms with Crippen molar-refractivity contribution in [1.82, 2.24) is 4.31 Å². The Kier molecular flexibility index (Phi) is 5.48. The highest BCUT2D eigenvalue weighted by Gasteiger charge is 2.27. The topological polar surface area (TPSA) is 46.6 Å². The zero-order valence-electron chi connectivity index (χ0n) is 11.8. The number of hydrogen-bond donors (Lipinski definition) is 0. The largest absolute Gasteiger partial charge is 0.380 e. The van der Waals surface area contributed by atoms with Crippen molar-refractivity contribution in [3.63, 3.8) is 0 Å². The van der Waals surface area contributed by atoms with Crippen LogP contribution in [-0.2, 0) is 20.6 Å². The Balaban J connectivity index is 1.98. The van der Waals surface area contributed by atoms with Gasteiger partial charge in [0.25, 0.3) is 0 Å². The van der Waals surface area contributed by atoms with Crippen molar-refractivity contribution in [2.45, 2.75) is 30.5 Å². The minimum atomic E-state index is -3.47. The minimum absolute atomic E-state index is 0.221. The molecular weight excluding hydrogens is 318 g/mol. The molecule has 0 radical (unpaired) electrons. The standard InChI is InChI=1S/C13H20ClNO3S2/c1-10-9-19-12(7-14)13(10)20(16,17)15(2)5-6-18-8-11-3-4-11/h9,11H,3-8H2,1-2H3. The number of alkyl halides is 1. The smallest absolute Gasteiger partial charge is 0.244 e. The Hall–Kier alpha value is -0.140. The summed E-state index contributed by atoms with van der Waals surface area (Å²) in [5.74, 6) is 0.915. The Morgan fingerprint density at radius 3 is 2.80 bits per heavy atom. The third-order valence-electron chi connectivity index (χ3n) is 3.38. The average Bonchev–Trinajstić information content (AvgIpc) is 3.15. The molecule has 4 nitrogen and oxygen atoms in total. The first-order valence-electron chi connectivity index (χ1n) is 6.63. The molecule has 7 heteroatoms. The Bertz CT molecular complexity index is 552. The third-order valence-corrected chi connectivity index (χ3v) is 7.13. The summed E-state index contributed by atoms with van der Waals surface area (Å²) < 4.78 is 32.0. The maximum atomic E-state index is 12.6. The second-order valence-electron chi connectivity index (χ2n) is 5.15. The number of likely N-dealkylation sites (N-methyl/N-ethyl adjacent to an activating group) is 1. The first kappa shape index (κ1) is 16.2. The summed E-state index contributed by atoms with van der Waals surface area (Å²) in [6, 6.07) is 0. The summed E-state index contributed by atoms with van der Waals surface area (Å²) in [6.07, 6.45) is 2.47. The van der Waals surface area contributed by atoms with Crippen molar-refractivity contribution in [2.24, 2.45) is 5.92 Å². The number of ether oxygens (including phenoxy) is 1. The Morgan fingerprint density at radius 2 is 2.20 bits per heavy atom. The maximum Gasteiger partial charge on any atom is 0.244 e. The summed E-state index contributed by atoms with van der Waals surface area (Å²) >= 11 is 7.22. The van der Waals surface area contributed by atoms with Crippen LogP contribution in [0, 0.1) is 12.8 Å². The molecule has 0 amide bonds. The van der Waals surface area contributed by atoms with Gasteiger partial charge in [-0.25, -0.2) is 8.42 Å². The molecule has 1 aliphatic rings. The van der Waals surface area contributed by atoms with Crippen LogP contribution in [-0.4, -0.2) is 39.5 Å². The average molecular weight is 338 g/mol. The van der Waals surface area contributed by atoms with E-state index in [2.05, 4.69) is 0 Å². The van der Waals surface area contributed by atoms with E-state index in [4.69, 9.17) is 16.3 Å². The van der Waals surface area contributed by atoms with Gasteiger partial charge in [0.05, 0.1) is 12.5 Å². The molecule has 114 valence electrons. The van der Waals surface area contributed by atoms with Gasteiger partial charge >= 0.3 is 0 Å². The highest BCUT2D eigenvalue weighted by Crippen LogP contribution is 2.30. The van der Waals surface area contributed by atoms with Gasteiger partial charge < -0.3 is 4.74 Å². The van der Waals surface area contributed by atoms with Crippen molar-refractivity contribution >= 4 is 33.0 Å². The van der Waals surface area contributed by atoms with Gasteiger partial charge in [-0.1, -0.05) is 0 Å². The van der Waals surface area contributed by atoms with Gasteiger partial charge in [0, 0.05) is 25.1 Å². The van der Waals surface area contributed by atoms with E-state index < -0.39 is 10.0 Å². The van der Waals surface area contributed by atoms with Crippen LogP contribution >= 0.6 is 22.9 Å². The van der Waals surface area contributed by atoms with Gasteiger partial charge in [0.1, 0.15) is 4.90 Å². The molecule has 0 atom stereocenters. The molecular formula is C13H20ClNO3S2. The molecule has 1 saturated carbocycles. The highest BCUT2D eigenvalue weighted by molar-refractivity contribution is 7.89. The second kappa shape index (κ2) is 6.75. The second-order valence-corrected chi connectivity index (χ2v) is 8.36. The van der Waals surface area contributed by atoms with E-state index in [-0.39, 0.29) is 5.88 Å². The lowest BCUT2D eigenvalue weighted by Gasteiger charge is -2.18. The Labute approximate surface area is 129 Å². The van der Waals surface area contributed by atoms with E-state index in [9.17, 15) is 8.42 Å². The fraction of sp³-hybridized carbons (Fsp3) is 0.692. The lowest BCUT2D eigenvalue weighted by Crippen LogP contribution is -2.31. The molecule has 0 spiro atoms. The fourth-order valence-electron chi connectivity index (χ4n) is 1.93. The normalized spacial score (nSPS) is 16.0. The van der Waals surface area contributed by atoms with Gasteiger partial charge in [-0.2, -0.15) is 4.31 Å². The number of aryl methyl sites for hydroxylation is 1. The number of sulfonamides is 1. The van der Waals surface area contributed by atoms with E-state index in [1.165, 1.54) is 28.5 Å². The minimum Gasteiger partial charge on any atom is -0.380 e. The molecule has 1 aromatic rings. The van der Waals surface area contributed by atoms with Crippen LogP contribution in [0.1, 0.15) is 23.3 Å². The summed E-state index contributed by atoms with van der Waals surface area (Å²) in [5.41, 5.74) is 0.761. The quantitative estimate of drug-likeness (QED) is 0.541. The predicted octanol–water partition coefficient (Wildman–Crippen LogP) is 2.84. The molecule has 0 bridgehead atoms. The predicted molar refractivity (Wildman–Crippen MR) is 82.0 cm³/mol. The monoisotopic (exact) mass is 337 g/mol. The van der Waals surface area contributed by atoms with Crippen molar-refractivity contribution in [3.05, 3.63) is 15.8 Å². The van der Waals surface area contributed by atoms with Crippen molar-refractivity contribution in [2.75, 3.05) is 26.8 Å². The lowest BCUT2D eigenvalue weighted by molar-refractivity contribution is 0.117. The van der Waals surface area contributed by atoms with E-state index in [1.54, 1.807) is 14.0 Å². The third kappa shape index (κ3) is 3.74. The number of thiophene rings is 1. The molecule has 0 aromatic carbocycles. The van der Waals surface area contributed by atoms with E-state index in [0.717, 1.165) is 12.2 Å². The summed E-state index contributed by atoms with van der Waals surface area (Å²) in [5, 5.41) is 1.84. The van der Waals surface area contributed by atoms with Crippen molar-refractivity contribution < 1.29 is 13.2 Å². The van der Waals surface area contributed by atoms with E-state index >= 15 is 0 Å². The summed E-state index contributed by atoms with van der Waals surface area (Å²) in [7, 11) is -1.89. The molecule has 0 saturated heterocycles. The molecule has 1 fully saturated rings. The maximum absolute atomic E-state index is 12.6. The zero-order chi connectivity index (χ0) is 14.8. The highest BCUT2D eigenvalue weighted by atomic mass is 35.5. The molecule has 2 rings (SSSR count). The van der Waals surface area contributed by atoms with Gasteiger partial charge in [-0.05, 0) is 36.6 Å². The van der Waals surface area contributed by atoms with Gasteiger partial charge in [-0.3, -0.25) is 0 Å². The van der Waals surface area contributed by atoms with Crippen molar-refractivity contribution in [3.8, 4) is 0 Å². The number of rotatable bonds is 8. The molecule has 1 aliphatic carbocycles. The van der Waals surface area contributed by atoms with Crippen molar-refractivity contribution in [1.29, 1.82) is 0 Å². The van der Waals surface area contributed by atoms with Gasteiger partial charge in [-0.15, -0.1) is 22.9 Å². The van der Waals surface area contributed by atoms with Crippen LogP contribution in [0.4, 0.5) is 0 Å². The summed E-state index contributed by atoms with van der Waals surface area (Å²) in [6.45, 7) is 3.35. The molecule has 20 heavy (non-hydrogen) atoms. The number of nitrogens with zero attached hydrogens (tertiary/aromatic N) is 1. The van der Waals surface area contributed by atoms with E-state index in [0.29, 0.717) is 28.8 Å². The first-order chi connectivity index (χ1) is 9.46. The molecule has 0 aliphatic heterocycles. The van der Waals surface area contributed by atoms with Gasteiger partial charge in [0.2, 0.25) is 10.0 Å².